The lowest BCUT2D eigenvalue weighted by molar-refractivity contribution is -0.662. The van der Waals surface area contributed by atoms with Gasteiger partial charge < -0.3 is 8.83 Å². The fourth-order valence-corrected chi connectivity index (χ4v) is 5.82. The van der Waals surface area contributed by atoms with Gasteiger partial charge in [0.15, 0.2) is 5.82 Å². The number of hydrogen-bond acceptors (Lipinski definition) is 3. The van der Waals surface area contributed by atoms with Gasteiger partial charge in [-0.2, -0.15) is 9.83 Å². The highest BCUT2D eigenvalue weighted by Crippen LogP contribution is 2.43. The smallest absolute Gasteiger partial charge is 0.216 e. The van der Waals surface area contributed by atoms with Gasteiger partial charge in [0.1, 0.15) is 30.8 Å². The van der Waals surface area contributed by atoms with Gasteiger partial charge in [-0.25, -0.2) is 4.39 Å². The summed E-state index contributed by atoms with van der Waals surface area (Å²) in [6.07, 6.45) is -0.296. The largest absolute Gasteiger partial charge is 0.456 e. The number of pyridine rings is 1. The van der Waals surface area contributed by atoms with E-state index in [4.69, 9.17) is 11.6 Å². The summed E-state index contributed by atoms with van der Waals surface area (Å²) in [6, 6.07) is 23.7. The summed E-state index contributed by atoms with van der Waals surface area (Å²) < 4.78 is 47.4. The van der Waals surface area contributed by atoms with Crippen molar-refractivity contribution in [2.45, 2.75) is 33.1 Å². The monoisotopic (exact) mass is 541 g/mol. The number of fused-ring (bicyclic) bond motifs is 6. The average molecular weight is 542 g/mol. The third kappa shape index (κ3) is 3.75. The van der Waals surface area contributed by atoms with E-state index in [0.717, 1.165) is 38.3 Å². The van der Waals surface area contributed by atoms with Crippen molar-refractivity contribution in [1.82, 2.24) is 0 Å². The zero-order valence-corrected chi connectivity index (χ0v) is 23.4. The van der Waals surface area contributed by atoms with Gasteiger partial charge in [-0.15, -0.1) is 0 Å². The molecule has 0 aliphatic carbocycles. The Kier molecular flexibility index (Phi) is 4.89. The molecule has 0 unspecified atom stereocenters. The molecule has 0 fully saturated rings. The molecule has 4 nitrogen and oxygen atoms in total. The van der Waals surface area contributed by atoms with Crippen LogP contribution in [0.4, 0.5) is 4.39 Å². The first-order chi connectivity index (χ1) is 20.5. The van der Waals surface area contributed by atoms with Crippen LogP contribution in [0.1, 0.15) is 40.2 Å². The van der Waals surface area contributed by atoms with E-state index in [0.29, 0.717) is 39.1 Å². The predicted octanol–water partition coefficient (Wildman–Crippen LogP) is 9.26. The number of para-hydroxylation sites is 1. The van der Waals surface area contributed by atoms with Crippen molar-refractivity contribution < 1.29 is 20.5 Å². The molecule has 0 bridgehead atoms. The number of rotatable bonds is 2. The first-order valence-electron chi connectivity index (χ1n) is 14.5. The molecule has 0 aliphatic rings. The number of halogens is 1. The minimum absolute atomic E-state index is 0.0211. The highest BCUT2D eigenvalue weighted by Gasteiger charge is 2.28. The molecular formula is C36H28FN2O2+. The molecule has 0 N–H and O–H groups in total. The number of nitrogens with zero attached hydrogens (tertiary/aromatic N) is 2. The molecule has 41 heavy (non-hydrogen) atoms. The summed E-state index contributed by atoms with van der Waals surface area (Å²) in [5, 5.41) is 13.8. The Hall–Kier alpha value is -4.95. The second-order valence-corrected chi connectivity index (χ2v) is 11.6. The molecule has 200 valence electrons. The zero-order chi connectivity index (χ0) is 30.4. The Morgan fingerprint density at radius 1 is 0.854 bits per heavy atom. The van der Waals surface area contributed by atoms with Crippen LogP contribution in [0.5, 0.6) is 0 Å². The first kappa shape index (κ1) is 22.8. The topological polar surface area (TPSA) is 54.0 Å². The summed E-state index contributed by atoms with van der Waals surface area (Å²) >= 11 is 0. The van der Waals surface area contributed by atoms with Gasteiger partial charge in [0.25, 0.3) is 0 Å². The average Bonchev–Trinajstić information content (AvgIpc) is 3.53. The molecule has 3 heterocycles. The molecular weight excluding hydrogens is 511 g/mol. The summed E-state index contributed by atoms with van der Waals surface area (Å²) in [5.74, 6) is -0.694. The number of furan rings is 2. The Labute approximate surface area is 239 Å². The highest BCUT2D eigenvalue weighted by atomic mass is 19.1. The van der Waals surface area contributed by atoms with E-state index in [1.165, 1.54) is 4.57 Å². The molecule has 5 heteroatoms. The van der Waals surface area contributed by atoms with Crippen molar-refractivity contribution in [2.24, 2.45) is 7.05 Å². The lowest BCUT2D eigenvalue weighted by Gasteiger charge is -2.19. The van der Waals surface area contributed by atoms with Gasteiger partial charge in [0.05, 0.1) is 18.6 Å². The van der Waals surface area contributed by atoms with Crippen LogP contribution in [0.25, 0.3) is 66.3 Å². The maximum Gasteiger partial charge on any atom is 0.216 e. The standard InChI is InChI=1S/C36H28FN2O2/c1-20-10-13-25-26-15-12-22(18-38)33(21-11-14-24-23-8-6-7-9-30(23)40-31(24)16-21)35(26)41-34(25)32(20)29-17-27(36(2,3)4)28(37)19-39(29)5/h6-17,19H,1-5H3/q+1/i17D,19D. The molecule has 3 aromatic heterocycles. The Bertz CT molecular complexity index is 2350. The molecule has 0 spiro atoms. The van der Waals surface area contributed by atoms with Crippen LogP contribution in [0.2, 0.25) is 0 Å². The Morgan fingerprint density at radius 2 is 1.54 bits per heavy atom. The van der Waals surface area contributed by atoms with Gasteiger partial charge in [-0.05, 0) is 53.8 Å². The van der Waals surface area contributed by atoms with Gasteiger partial charge in [-0.1, -0.05) is 57.2 Å². The van der Waals surface area contributed by atoms with Crippen molar-refractivity contribution in [3.05, 3.63) is 101 Å². The van der Waals surface area contributed by atoms with E-state index in [9.17, 15) is 5.26 Å². The SMILES string of the molecule is [2H]c1c(C(C)(C)C)c(F)c([2H])[n+](C)c1-c1c(C)ccc2c1oc1c(-c3ccc4c(c3)oc3ccccc34)c(C#N)ccc12. The van der Waals surface area contributed by atoms with Gasteiger partial charge in [0.2, 0.25) is 11.9 Å². The lowest BCUT2D eigenvalue weighted by Crippen LogP contribution is -2.33. The molecule has 4 aromatic carbocycles. The van der Waals surface area contributed by atoms with Gasteiger partial charge in [-0.3, -0.25) is 0 Å². The van der Waals surface area contributed by atoms with Crippen LogP contribution >= 0.6 is 0 Å². The molecule has 7 rings (SSSR count). The van der Waals surface area contributed by atoms with Crippen LogP contribution in [-0.2, 0) is 12.5 Å². The number of hydrogen-bond donors (Lipinski definition) is 0. The van der Waals surface area contributed by atoms with Crippen LogP contribution in [0.3, 0.4) is 0 Å². The molecule has 0 atom stereocenters. The van der Waals surface area contributed by atoms with Crippen molar-refractivity contribution in [3.8, 4) is 28.5 Å². The minimum Gasteiger partial charge on any atom is -0.456 e. The summed E-state index contributed by atoms with van der Waals surface area (Å²) in [5.41, 5.74) is 5.79. The summed E-state index contributed by atoms with van der Waals surface area (Å²) in [7, 11) is 1.61. The predicted molar refractivity (Wildman–Crippen MR) is 161 cm³/mol. The molecule has 0 saturated heterocycles. The van der Waals surface area contributed by atoms with Crippen molar-refractivity contribution >= 4 is 43.9 Å². The second-order valence-electron chi connectivity index (χ2n) is 11.6. The van der Waals surface area contributed by atoms with Crippen LogP contribution in [0.15, 0.2) is 87.8 Å². The van der Waals surface area contributed by atoms with Gasteiger partial charge >= 0.3 is 0 Å². The maximum absolute atomic E-state index is 15.4. The van der Waals surface area contributed by atoms with Crippen molar-refractivity contribution in [2.75, 3.05) is 0 Å². The number of aromatic nitrogens is 1. The van der Waals surface area contributed by atoms with Gasteiger partial charge in [0, 0.05) is 38.7 Å². The van der Waals surface area contributed by atoms with E-state index < -0.39 is 11.2 Å². The summed E-state index contributed by atoms with van der Waals surface area (Å²) in [6.45, 7) is 7.45. The molecule has 0 saturated carbocycles. The number of nitriles is 1. The molecule has 0 amide bonds. The van der Waals surface area contributed by atoms with Crippen LogP contribution in [-0.4, -0.2) is 0 Å². The van der Waals surface area contributed by atoms with Crippen molar-refractivity contribution in [1.29, 1.82) is 5.26 Å². The quantitative estimate of drug-likeness (QED) is 0.205. The Balaban J connectivity index is 1.57. The Morgan fingerprint density at radius 3 is 2.29 bits per heavy atom. The third-order valence-electron chi connectivity index (χ3n) is 7.86. The second kappa shape index (κ2) is 8.78. The van der Waals surface area contributed by atoms with E-state index >= 15 is 4.39 Å². The molecule has 0 radical (unpaired) electrons. The molecule has 0 aliphatic heterocycles. The van der Waals surface area contributed by atoms with Crippen LogP contribution in [0, 0.1) is 24.1 Å². The molecule has 7 aromatic rings. The maximum atomic E-state index is 15.4. The number of benzene rings is 4. The zero-order valence-electron chi connectivity index (χ0n) is 25.4. The van der Waals surface area contributed by atoms with E-state index in [2.05, 4.69) is 6.07 Å². The third-order valence-corrected chi connectivity index (χ3v) is 7.86. The summed E-state index contributed by atoms with van der Waals surface area (Å²) in [4.78, 5) is 0. The van der Waals surface area contributed by atoms with E-state index in [1.807, 2.05) is 88.4 Å². The highest BCUT2D eigenvalue weighted by molar-refractivity contribution is 6.14. The van der Waals surface area contributed by atoms with E-state index in [1.54, 1.807) is 13.1 Å². The minimum atomic E-state index is -0.695. The first-order valence-corrected chi connectivity index (χ1v) is 13.5. The van der Waals surface area contributed by atoms with Crippen molar-refractivity contribution in [3.63, 3.8) is 0 Å². The lowest BCUT2D eigenvalue weighted by atomic mass is 9.86. The fraction of sp³-hybridized carbons (Fsp3) is 0.167. The fourth-order valence-electron chi connectivity index (χ4n) is 5.82. The number of aryl methyl sites for hydroxylation is 1. The van der Waals surface area contributed by atoms with Crippen LogP contribution < -0.4 is 4.57 Å². The van der Waals surface area contributed by atoms with E-state index in [-0.39, 0.29) is 17.8 Å². The normalized spacial score (nSPS) is 12.8.